The lowest BCUT2D eigenvalue weighted by molar-refractivity contribution is 1.11. The second-order valence-corrected chi connectivity index (χ2v) is 5.25. The second kappa shape index (κ2) is 5.51. The van der Waals surface area contributed by atoms with Crippen molar-refractivity contribution in [3.63, 3.8) is 0 Å². The standard InChI is InChI=1S/C14H15ClS/c1-11(5-4-8-15)9-12-10-16-14-7-3-2-6-13(12)14/h2-3,5-7,10H,4,8-9H2,1H3. The minimum atomic E-state index is 0.710. The molecule has 1 aromatic heterocycles. The van der Waals surface area contributed by atoms with Crippen LogP contribution in [0.5, 0.6) is 0 Å². The molecule has 2 rings (SSSR count). The van der Waals surface area contributed by atoms with Crippen molar-refractivity contribution >= 4 is 33.0 Å². The lowest BCUT2D eigenvalue weighted by atomic mass is 10.0. The number of rotatable bonds is 4. The molecule has 1 aromatic carbocycles. The molecule has 0 unspecified atom stereocenters. The first kappa shape index (κ1) is 11.7. The molecule has 1 heterocycles. The average Bonchev–Trinajstić information content (AvgIpc) is 2.70. The van der Waals surface area contributed by atoms with Crippen LogP contribution in [0.3, 0.4) is 0 Å². The highest BCUT2D eigenvalue weighted by Gasteiger charge is 2.03. The van der Waals surface area contributed by atoms with Gasteiger partial charge in [-0.15, -0.1) is 22.9 Å². The van der Waals surface area contributed by atoms with Crippen molar-refractivity contribution in [2.75, 3.05) is 5.88 Å². The van der Waals surface area contributed by atoms with E-state index in [1.165, 1.54) is 21.2 Å². The highest BCUT2D eigenvalue weighted by atomic mass is 35.5. The van der Waals surface area contributed by atoms with Gasteiger partial charge in [0, 0.05) is 10.6 Å². The molecule has 0 saturated carbocycles. The Morgan fingerprint density at radius 3 is 3.00 bits per heavy atom. The predicted molar refractivity (Wildman–Crippen MR) is 74.6 cm³/mol. The third-order valence-corrected chi connectivity index (χ3v) is 3.86. The predicted octanol–water partition coefficient (Wildman–Crippen LogP) is 5.02. The molecule has 0 fully saturated rings. The summed E-state index contributed by atoms with van der Waals surface area (Å²) in [7, 11) is 0. The Morgan fingerprint density at radius 1 is 1.38 bits per heavy atom. The van der Waals surface area contributed by atoms with Gasteiger partial charge in [-0.2, -0.15) is 0 Å². The van der Waals surface area contributed by atoms with Crippen molar-refractivity contribution in [2.24, 2.45) is 0 Å². The number of thiophene rings is 1. The lowest BCUT2D eigenvalue weighted by Gasteiger charge is -2.00. The highest BCUT2D eigenvalue weighted by molar-refractivity contribution is 7.17. The SMILES string of the molecule is CC(=CCCCl)Cc1csc2ccccc12. The van der Waals surface area contributed by atoms with Gasteiger partial charge in [0.1, 0.15) is 0 Å². The van der Waals surface area contributed by atoms with E-state index in [4.69, 9.17) is 11.6 Å². The number of alkyl halides is 1. The van der Waals surface area contributed by atoms with Crippen LogP contribution in [0.4, 0.5) is 0 Å². The van der Waals surface area contributed by atoms with Crippen LogP contribution in [0.15, 0.2) is 41.3 Å². The topological polar surface area (TPSA) is 0 Å². The van der Waals surface area contributed by atoms with Gasteiger partial charge in [-0.25, -0.2) is 0 Å². The number of benzene rings is 1. The molecule has 84 valence electrons. The second-order valence-electron chi connectivity index (χ2n) is 3.96. The van der Waals surface area contributed by atoms with Crippen LogP contribution in [0.2, 0.25) is 0 Å². The van der Waals surface area contributed by atoms with Gasteiger partial charge in [-0.1, -0.05) is 29.8 Å². The van der Waals surface area contributed by atoms with Crippen LogP contribution in [0.25, 0.3) is 10.1 Å². The maximum atomic E-state index is 5.68. The smallest absolute Gasteiger partial charge is 0.0345 e. The molecule has 0 spiro atoms. The molecule has 16 heavy (non-hydrogen) atoms. The fourth-order valence-corrected chi connectivity index (χ4v) is 2.92. The molecule has 0 saturated heterocycles. The van der Waals surface area contributed by atoms with Crippen molar-refractivity contribution in [1.29, 1.82) is 0 Å². The Hall–Kier alpha value is -0.790. The summed E-state index contributed by atoms with van der Waals surface area (Å²) in [5.74, 6) is 0.710. The molecule has 0 nitrogen and oxygen atoms in total. The maximum Gasteiger partial charge on any atom is 0.0345 e. The number of fused-ring (bicyclic) bond motifs is 1. The summed E-state index contributed by atoms with van der Waals surface area (Å²) >= 11 is 7.51. The lowest BCUT2D eigenvalue weighted by Crippen LogP contribution is -1.85. The van der Waals surface area contributed by atoms with E-state index in [1.807, 2.05) is 11.3 Å². The Kier molecular flexibility index (Phi) is 4.03. The fraction of sp³-hybridized carbons (Fsp3) is 0.286. The molecule has 0 atom stereocenters. The van der Waals surface area contributed by atoms with Crippen molar-refractivity contribution in [3.05, 3.63) is 46.9 Å². The van der Waals surface area contributed by atoms with Crippen molar-refractivity contribution in [3.8, 4) is 0 Å². The number of hydrogen-bond acceptors (Lipinski definition) is 1. The van der Waals surface area contributed by atoms with Gasteiger partial charge in [0.2, 0.25) is 0 Å². The summed E-state index contributed by atoms with van der Waals surface area (Å²) in [4.78, 5) is 0. The summed E-state index contributed by atoms with van der Waals surface area (Å²) in [6.07, 6.45) is 4.25. The van der Waals surface area contributed by atoms with E-state index < -0.39 is 0 Å². The van der Waals surface area contributed by atoms with Crippen LogP contribution in [0, 0.1) is 0 Å². The summed E-state index contributed by atoms with van der Waals surface area (Å²) in [6.45, 7) is 2.18. The van der Waals surface area contributed by atoms with Gasteiger partial charge in [0.15, 0.2) is 0 Å². The first-order valence-electron chi connectivity index (χ1n) is 5.48. The van der Waals surface area contributed by atoms with Crippen LogP contribution >= 0.6 is 22.9 Å². The van der Waals surface area contributed by atoms with Gasteiger partial charge < -0.3 is 0 Å². The van der Waals surface area contributed by atoms with Crippen molar-refractivity contribution in [1.82, 2.24) is 0 Å². The first-order valence-corrected chi connectivity index (χ1v) is 6.89. The van der Waals surface area contributed by atoms with Gasteiger partial charge in [-0.05, 0) is 42.2 Å². The summed E-state index contributed by atoms with van der Waals surface area (Å²) in [6, 6.07) is 8.59. The molecule has 2 aromatic rings. The summed E-state index contributed by atoms with van der Waals surface area (Å²) < 4.78 is 1.38. The Bertz CT molecular complexity index is 496. The van der Waals surface area contributed by atoms with E-state index in [9.17, 15) is 0 Å². The van der Waals surface area contributed by atoms with Crippen LogP contribution in [-0.2, 0) is 6.42 Å². The Morgan fingerprint density at radius 2 is 2.19 bits per heavy atom. The van der Waals surface area contributed by atoms with Crippen molar-refractivity contribution < 1.29 is 0 Å². The van der Waals surface area contributed by atoms with Crippen LogP contribution in [0.1, 0.15) is 18.9 Å². The number of hydrogen-bond donors (Lipinski definition) is 0. The zero-order valence-electron chi connectivity index (χ0n) is 9.37. The molecule has 0 radical (unpaired) electrons. The molecule has 2 heteroatoms. The van der Waals surface area contributed by atoms with E-state index in [0.717, 1.165) is 12.8 Å². The third kappa shape index (κ3) is 2.66. The van der Waals surface area contributed by atoms with E-state index >= 15 is 0 Å². The van der Waals surface area contributed by atoms with E-state index in [2.05, 4.69) is 42.6 Å². The first-order chi connectivity index (χ1) is 7.81. The molecule has 0 amide bonds. The van der Waals surface area contributed by atoms with Crippen molar-refractivity contribution in [2.45, 2.75) is 19.8 Å². The summed E-state index contributed by atoms with van der Waals surface area (Å²) in [5, 5.41) is 3.66. The quantitative estimate of drug-likeness (QED) is 0.528. The van der Waals surface area contributed by atoms with Gasteiger partial charge in [0.05, 0.1) is 0 Å². The highest BCUT2D eigenvalue weighted by Crippen LogP contribution is 2.27. The molecular formula is C14H15ClS. The maximum absolute atomic E-state index is 5.68. The molecule has 0 aliphatic heterocycles. The van der Waals surface area contributed by atoms with Crippen LogP contribution < -0.4 is 0 Å². The normalized spacial score (nSPS) is 12.2. The molecule has 0 aliphatic carbocycles. The summed E-state index contributed by atoms with van der Waals surface area (Å²) in [5.41, 5.74) is 2.84. The zero-order valence-corrected chi connectivity index (χ0v) is 10.9. The van der Waals surface area contributed by atoms with Gasteiger partial charge in [-0.3, -0.25) is 0 Å². The van der Waals surface area contributed by atoms with Gasteiger partial charge in [0.25, 0.3) is 0 Å². The van der Waals surface area contributed by atoms with E-state index in [1.54, 1.807) is 0 Å². The minimum Gasteiger partial charge on any atom is -0.144 e. The van der Waals surface area contributed by atoms with E-state index in [-0.39, 0.29) is 0 Å². The molecule has 0 aliphatic rings. The number of halogens is 1. The Labute approximate surface area is 106 Å². The van der Waals surface area contributed by atoms with E-state index in [0.29, 0.717) is 5.88 Å². The third-order valence-electron chi connectivity index (χ3n) is 2.63. The number of allylic oxidation sites excluding steroid dienone is 2. The monoisotopic (exact) mass is 250 g/mol. The molecule has 0 N–H and O–H groups in total. The van der Waals surface area contributed by atoms with Gasteiger partial charge >= 0.3 is 0 Å². The zero-order chi connectivity index (χ0) is 11.4. The minimum absolute atomic E-state index is 0.710. The molecule has 0 bridgehead atoms. The average molecular weight is 251 g/mol. The van der Waals surface area contributed by atoms with Crippen LogP contribution in [-0.4, -0.2) is 5.88 Å². The largest absolute Gasteiger partial charge is 0.144 e. The Balaban J connectivity index is 2.21. The fourth-order valence-electron chi connectivity index (χ4n) is 1.84. The molecular weight excluding hydrogens is 236 g/mol.